The van der Waals surface area contributed by atoms with Crippen molar-refractivity contribution in [3.05, 3.63) is 24.0 Å². The maximum absolute atomic E-state index is 11.3. The van der Waals surface area contributed by atoms with Crippen molar-refractivity contribution in [1.29, 1.82) is 0 Å². The van der Waals surface area contributed by atoms with E-state index in [0.29, 0.717) is 11.3 Å². The molecule has 1 aromatic heterocycles. The molecule has 18 heavy (non-hydrogen) atoms. The van der Waals surface area contributed by atoms with E-state index in [-0.39, 0.29) is 6.54 Å². The summed E-state index contributed by atoms with van der Waals surface area (Å²) in [4.78, 5) is 15.2. The van der Waals surface area contributed by atoms with Gasteiger partial charge in [0.15, 0.2) is 0 Å². The Kier molecular flexibility index (Phi) is 4.55. The number of pyridine rings is 1. The molecule has 0 aliphatic rings. The molecule has 0 radical (unpaired) electrons. The van der Waals surface area contributed by atoms with Gasteiger partial charge in [-0.25, -0.2) is 4.79 Å². The number of nitrogens with one attached hydrogen (secondary N) is 1. The van der Waals surface area contributed by atoms with Crippen LogP contribution in [0.15, 0.2) is 18.5 Å². The molecule has 0 fully saturated rings. The lowest BCUT2D eigenvalue weighted by atomic mass is 10.2. The van der Waals surface area contributed by atoms with Gasteiger partial charge in [0.2, 0.25) is 0 Å². The first-order valence-electron chi connectivity index (χ1n) is 5.54. The molecule has 0 atom stereocenters. The lowest BCUT2D eigenvalue weighted by Gasteiger charge is -2.18. The second-order valence-corrected chi connectivity index (χ2v) is 4.62. The molecule has 0 aliphatic carbocycles. The molecular formula is C13H17N3O2. The van der Waals surface area contributed by atoms with E-state index >= 15 is 0 Å². The molecule has 1 amide bonds. The van der Waals surface area contributed by atoms with Crippen LogP contribution in [0.25, 0.3) is 0 Å². The van der Waals surface area contributed by atoms with E-state index in [1.54, 1.807) is 33.0 Å². The number of alkyl carbamates (subject to hydrolysis) is 1. The average molecular weight is 247 g/mol. The molecule has 3 N–H and O–H groups in total. The predicted octanol–water partition coefficient (Wildman–Crippen LogP) is 1.54. The van der Waals surface area contributed by atoms with E-state index in [0.717, 1.165) is 0 Å². The number of nitrogens with zero attached hydrogens (tertiary/aromatic N) is 1. The fourth-order valence-electron chi connectivity index (χ4n) is 1.09. The van der Waals surface area contributed by atoms with Gasteiger partial charge in [-0.3, -0.25) is 4.98 Å². The highest BCUT2D eigenvalue weighted by Crippen LogP contribution is 2.06. The summed E-state index contributed by atoms with van der Waals surface area (Å²) in [6.45, 7) is 5.61. The summed E-state index contributed by atoms with van der Waals surface area (Å²) in [5, 5.41) is 2.54. The molecule has 1 aromatic rings. The molecule has 1 rings (SSSR count). The van der Waals surface area contributed by atoms with E-state index < -0.39 is 11.7 Å². The molecule has 5 nitrogen and oxygen atoms in total. The Balaban J connectivity index is 2.44. The second-order valence-electron chi connectivity index (χ2n) is 4.62. The highest BCUT2D eigenvalue weighted by molar-refractivity contribution is 5.68. The van der Waals surface area contributed by atoms with Crippen molar-refractivity contribution in [2.24, 2.45) is 0 Å². The van der Waals surface area contributed by atoms with Gasteiger partial charge in [0.05, 0.1) is 24.0 Å². The average Bonchev–Trinajstić information content (AvgIpc) is 2.24. The number of carbonyl (C=O) groups excluding carboxylic acids is 1. The predicted molar refractivity (Wildman–Crippen MR) is 69.8 cm³/mol. The summed E-state index contributed by atoms with van der Waals surface area (Å²) in [7, 11) is 0. The van der Waals surface area contributed by atoms with Crippen molar-refractivity contribution in [1.82, 2.24) is 10.3 Å². The van der Waals surface area contributed by atoms with Crippen LogP contribution in [0.4, 0.5) is 10.5 Å². The Morgan fingerprint density at radius 1 is 1.56 bits per heavy atom. The van der Waals surface area contributed by atoms with Crippen LogP contribution in [0.1, 0.15) is 26.3 Å². The van der Waals surface area contributed by atoms with E-state index in [4.69, 9.17) is 10.5 Å². The molecule has 0 unspecified atom stereocenters. The van der Waals surface area contributed by atoms with Gasteiger partial charge in [0.25, 0.3) is 0 Å². The van der Waals surface area contributed by atoms with Gasteiger partial charge in [-0.2, -0.15) is 0 Å². The quantitative estimate of drug-likeness (QED) is 0.738. The molecule has 0 aliphatic heterocycles. The van der Waals surface area contributed by atoms with E-state index in [9.17, 15) is 4.79 Å². The standard InChI is InChI=1S/C13H17N3O2/c1-13(2,3)18-12(17)16-7-4-5-10-6-8-15-9-11(10)14/h6,8-9H,7,14H2,1-3H3,(H,16,17). The number of carbonyl (C=O) groups is 1. The Bertz CT molecular complexity index is 481. The number of rotatable bonds is 1. The van der Waals surface area contributed by atoms with Crippen molar-refractivity contribution < 1.29 is 9.53 Å². The SMILES string of the molecule is CC(C)(C)OC(=O)NCC#Cc1ccncc1N. The van der Waals surface area contributed by atoms with Crippen LogP contribution < -0.4 is 11.1 Å². The normalized spacial score (nSPS) is 10.2. The Hall–Kier alpha value is -2.22. The number of ether oxygens (including phenoxy) is 1. The van der Waals surface area contributed by atoms with E-state index in [1.807, 2.05) is 0 Å². The molecule has 0 aromatic carbocycles. The van der Waals surface area contributed by atoms with Gasteiger partial charge in [-0.15, -0.1) is 0 Å². The topological polar surface area (TPSA) is 77.2 Å². The largest absolute Gasteiger partial charge is 0.444 e. The smallest absolute Gasteiger partial charge is 0.408 e. The molecule has 0 saturated heterocycles. The van der Waals surface area contributed by atoms with E-state index in [1.165, 1.54) is 6.20 Å². The number of nitrogen functional groups attached to an aromatic ring is 1. The lowest BCUT2D eigenvalue weighted by molar-refractivity contribution is 0.0535. The zero-order valence-electron chi connectivity index (χ0n) is 10.8. The Labute approximate surface area is 107 Å². The first kappa shape index (κ1) is 13.8. The second kappa shape index (κ2) is 5.92. The monoisotopic (exact) mass is 247 g/mol. The van der Waals surface area contributed by atoms with Gasteiger partial charge in [-0.1, -0.05) is 11.8 Å². The Morgan fingerprint density at radius 2 is 2.28 bits per heavy atom. The van der Waals surface area contributed by atoms with Crippen LogP contribution in [0.2, 0.25) is 0 Å². The summed E-state index contributed by atoms with van der Waals surface area (Å²) in [6.07, 6.45) is 2.66. The maximum Gasteiger partial charge on any atom is 0.408 e. The number of aromatic nitrogens is 1. The van der Waals surface area contributed by atoms with Crippen LogP contribution in [0, 0.1) is 11.8 Å². The fourth-order valence-corrected chi connectivity index (χ4v) is 1.09. The van der Waals surface area contributed by atoms with Gasteiger partial charge in [0, 0.05) is 6.20 Å². The lowest BCUT2D eigenvalue weighted by Crippen LogP contribution is -2.32. The Morgan fingerprint density at radius 3 is 2.89 bits per heavy atom. The summed E-state index contributed by atoms with van der Waals surface area (Å²) in [5.41, 5.74) is 6.37. The van der Waals surface area contributed by atoms with Crippen molar-refractivity contribution in [3.8, 4) is 11.8 Å². The summed E-state index contributed by atoms with van der Waals surface area (Å²) < 4.78 is 5.06. The molecular weight excluding hydrogens is 230 g/mol. The zero-order valence-corrected chi connectivity index (χ0v) is 10.8. The molecule has 0 bridgehead atoms. The van der Waals surface area contributed by atoms with Crippen molar-refractivity contribution in [2.75, 3.05) is 12.3 Å². The van der Waals surface area contributed by atoms with Crippen molar-refractivity contribution in [3.63, 3.8) is 0 Å². The van der Waals surface area contributed by atoms with Gasteiger partial charge in [0.1, 0.15) is 5.60 Å². The molecule has 1 heterocycles. The van der Waals surface area contributed by atoms with Gasteiger partial charge in [-0.05, 0) is 26.8 Å². The molecule has 5 heteroatoms. The van der Waals surface area contributed by atoms with Crippen LogP contribution in [0.5, 0.6) is 0 Å². The fraction of sp³-hybridized carbons (Fsp3) is 0.385. The molecule has 0 saturated carbocycles. The van der Waals surface area contributed by atoms with Crippen molar-refractivity contribution in [2.45, 2.75) is 26.4 Å². The highest BCUT2D eigenvalue weighted by atomic mass is 16.6. The maximum atomic E-state index is 11.3. The van der Waals surface area contributed by atoms with Crippen LogP contribution in [-0.2, 0) is 4.74 Å². The first-order chi connectivity index (χ1) is 8.38. The van der Waals surface area contributed by atoms with Gasteiger partial charge >= 0.3 is 6.09 Å². The summed E-state index contributed by atoms with van der Waals surface area (Å²) in [6, 6.07) is 1.72. The molecule has 96 valence electrons. The number of hydrogen-bond acceptors (Lipinski definition) is 4. The van der Waals surface area contributed by atoms with Crippen LogP contribution in [0.3, 0.4) is 0 Å². The summed E-state index contributed by atoms with van der Waals surface area (Å²) >= 11 is 0. The zero-order chi connectivity index (χ0) is 13.6. The first-order valence-corrected chi connectivity index (χ1v) is 5.54. The van der Waals surface area contributed by atoms with Crippen molar-refractivity contribution >= 4 is 11.8 Å². The van der Waals surface area contributed by atoms with E-state index in [2.05, 4.69) is 22.1 Å². The van der Waals surface area contributed by atoms with Gasteiger partial charge < -0.3 is 15.8 Å². The molecule has 0 spiro atoms. The highest BCUT2D eigenvalue weighted by Gasteiger charge is 2.14. The minimum Gasteiger partial charge on any atom is -0.444 e. The minimum absolute atomic E-state index is 0.205. The third kappa shape index (κ3) is 5.21. The number of nitrogens with two attached hydrogens (primary N) is 1. The number of hydrogen-bond donors (Lipinski definition) is 2. The third-order valence-electron chi connectivity index (χ3n) is 1.79. The number of anilines is 1. The third-order valence-corrected chi connectivity index (χ3v) is 1.79. The van der Waals surface area contributed by atoms with Crippen LogP contribution in [-0.4, -0.2) is 23.2 Å². The minimum atomic E-state index is -0.507. The summed E-state index contributed by atoms with van der Waals surface area (Å²) in [5.74, 6) is 5.64. The van der Waals surface area contributed by atoms with Crippen LogP contribution >= 0.6 is 0 Å². The number of amides is 1.